The average molecular weight is 307 g/mol. The predicted molar refractivity (Wildman–Crippen MR) is 93.2 cm³/mol. The first kappa shape index (κ1) is 16.7. The van der Waals surface area contributed by atoms with Gasteiger partial charge in [0.25, 0.3) is 0 Å². The molecule has 1 atom stereocenters. The van der Waals surface area contributed by atoms with Crippen LogP contribution in [0.2, 0.25) is 0 Å². The van der Waals surface area contributed by atoms with Crippen molar-refractivity contribution < 1.29 is 0 Å². The molecule has 0 saturated heterocycles. The molecule has 118 valence electrons. The van der Waals surface area contributed by atoms with Gasteiger partial charge in [-0.3, -0.25) is 0 Å². The molecule has 0 bridgehead atoms. The Hall–Kier alpha value is -0.670. The fraction of sp³-hybridized carbons (Fsp3) is 0.722. The minimum Gasteiger partial charge on any atom is -0.314 e. The minimum absolute atomic E-state index is 0.161. The van der Waals surface area contributed by atoms with Gasteiger partial charge in [0, 0.05) is 23.3 Å². The van der Waals surface area contributed by atoms with Crippen LogP contribution < -0.4 is 5.32 Å². The largest absolute Gasteiger partial charge is 0.314 e. The van der Waals surface area contributed by atoms with Crippen LogP contribution in [0.5, 0.6) is 0 Å². The number of nitrogens with one attached hydrogen (secondary N) is 1. The van der Waals surface area contributed by atoms with Crippen molar-refractivity contribution >= 4 is 11.3 Å². The van der Waals surface area contributed by atoms with Crippen LogP contribution in [0.3, 0.4) is 0 Å². The van der Waals surface area contributed by atoms with Crippen LogP contribution in [-0.4, -0.2) is 17.6 Å². The molecule has 0 aliphatic heterocycles. The Bertz CT molecular complexity index is 468. The third-order valence-corrected chi connectivity index (χ3v) is 5.00. The first-order chi connectivity index (χ1) is 9.99. The lowest BCUT2D eigenvalue weighted by molar-refractivity contribution is 0.500. The van der Waals surface area contributed by atoms with Gasteiger partial charge in [-0.1, -0.05) is 39.3 Å². The van der Waals surface area contributed by atoms with E-state index >= 15 is 0 Å². The molecule has 1 aliphatic carbocycles. The van der Waals surface area contributed by atoms with Crippen molar-refractivity contribution in [3.05, 3.63) is 27.7 Å². The Morgan fingerprint density at radius 1 is 1.29 bits per heavy atom. The smallest absolute Gasteiger partial charge is 0.0944 e. The highest BCUT2D eigenvalue weighted by molar-refractivity contribution is 7.09. The lowest BCUT2D eigenvalue weighted by Gasteiger charge is -2.21. The number of hydrogen-bond donors (Lipinski definition) is 1. The summed E-state index contributed by atoms with van der Waals surface area (Å²) in [5.74, 6) is 0. The van der Waals surface area contributed by atoms with Gasteiger partial charge in [0.15, 0.2) is 0 Å². The van der Waals surface area contributed by atoms with E-state index in [1.807, 2.05) is 11.3 Å². The molecule has 0 radical (unpaired) electrons. The highest BCUT2D eigenvalue weighted by Crippen LogP contribution is 2.26. The number of allylic oxidation sites excluding steroid dienone is 1. The van der Waals surface area contributed by atoms with Crippen molar-refractivity contribution in [3.8, 4) is 0 Å². The standard InChI is InChI=1S/C18H30N2S/c1-5-19-15(11-14-9-7-6-8-10-14)12-17-20-16(13-21-17)18(2,3)4/h9,13,15,19H,5-8,10-12H2,1-4H3. The highest BCUT2D eigenvalue weighted by atomic mass is 32.1. The number of likely N-dealkylation sites (N-methyl/N-ethyl adjacent to an activating group) is 1. The third-order valence-electron chi connectivity index (χ3n) is 4.13. The van der Waals surface area contributed by atoms with Crippen LogP contribution in [0.4, 0.5) is 0 Å². The second-order valence-electron chi connectivity index (χ2n) is 7.15. The summed E-state index contributed by atoms with van der Waals surface area (Å²) in [5.41, 5.74) is 3.04. The van der Waals surface area contributed by atoms with E-state index in [4.69, 9.17) is 4.98 Å². The molecule has 0 aromatic carbocycles. The Balaban J connectivity index is 1.98. The molecule has 1 N–H and O–H groups in total. The summed E-state index contributed by atoms with van der Waals surface area (Å²) < 4.78 is 0. The summed E-state index contributed by atoms with van der Waals surface area (Å²) in [5, 5.41) is 7.17. The summed E-state index contributed by atoms with van der Waals surface area (Å²) in [6.45, 7) is 9.95. The van der Waals surface area contributed by atoms with E-state index in [9.17, 15) is 0 Å². The van der Waals surface area contributed by atoms with Crippen LogP contribution in [0, 0.1) is 0 Å². The Morgan fingerprint density at radius 2 is 2.10 bits per heavy atom. The van der Waals surface area contributed by atoms with E-state index in [0.717, 1.165) is 13.0 Å². The first-order valence-electron chi connectivity index (χ1n) is 8.35. The fourth-order valence-corrected chi connectivity index (χ4v) is 3.97. The lowest BCUT2D eigenvalue weighted by Crippen LogP contribution is -2.31. The molecular formula is C18H30N2S. The van der Waals surface area contributed by atoms with Gasteiger partial charge in [-0.25, -0.2) is 4.98 Å². The average Bonchev–Trinajstić information content (AvgIpc) is 2.89. The van der Waals surface area contributed by atoms with E-state index in [2.05, 4.69) is 44.5 Å². The topological polar surface area (TPSA) is 24.9 Å². The van der Waals surface area contributed by atoms with Crippen molar-refractivity contribution in [2.75, 3.05) is 6.54 Å². The second-order valence-corrected chi connectivity index (χ2v) is 8.09. The van der Waals surface area contributed by atoms with Gasteiger partial charge in [0.1, 0.15) is 0 Å². The maximum atomic E-state index is 4.86. The fourth-order valence-electron chi connectivity index (χ4n) is 2.87. The summed E-state index contributed by atoms with van der Waals surface area (Å²) >= 11 is 1.82. The zero-order chi connectivity index (χ0) is 15.3. The lowest BCUT2D eigenvalue weighted by atomic mass is 9.92. The van der Waals surface area contributed by atoms with Crippen LogP contribution in [-0.2, 0) is 11.8 Å². The van der Waals surface area contributed by atoms with E-state index in [0.29, 0.717) is 6.04 Å². The van der Waals surface area contributed by atoms with Crippen molar-refractivity contribution in [1.82, 2.24) is 10.3 Å². The Labute approximate surface area is 134 Å². The molecule has 0 spiro atoms. The molecule has 1 aliphatic rings. The Morgan fingerprint density at radius 3 is 2.67 bits per heavy atom. The van der Waals surface area contributed by atoms with Crippen LogP contribution in [0.1, 0.15) is 70.5 Å². The highest BCUT2D eigenvalue weighted by Gasteiger charge is 2.19. The molecular weight excluding hydrogens is 276 g/mol. The summed E-state index contributed by atoms with van der Waals surface area (Å²) in [7, 11) is 0. The maximum Gasteiger partial charge on any atom is 0.0944 e. The molecule has 1 heterocycles. The summed E-state index contributed by atoms with van der Waals surface area (Å²) in [6, 6.07) is 0.540. The van der Waals surface area contributed by atoms with Crippen LogP contribution in [0.15, 0.2) is 17.0 Å². The van der Waals surface area contributed by atoms with E-state index < -0.39 is 0 Å². The van der Waals surface area contributed by atoms with Gasteiger partial charge in [-0.05, 0) is 38.6 Å². The second kappa shape index (κ2) is 7.55. The van der Waals surface area contributed by atoms with Gasteiger partial charge >= 0.3 is 0 Å². The third kappa shape index (κ3) is 5.23. The number of rotatable bonds is 6. The zero-order valence-corrected chi connectivity index (χ0v) is 14.9. The number of aromatic nitrogens is 1. The molecule has 3 heteroatoms. The Kier molecular flexibility index (Phi) is 6.00. The quantitative estimate of drug-likeness (QED) is 0.760. The number of thiazole rings is 1. The van der Waals surface area contributed by atoms with Crippen LogP contribution in [0.25, 0.3) is 0 Å². The maximum absolute atomic E-state index is 4.86. The summed E-state index contributed by atoms with van der Waals surface area (Å²) in [6.07, 6.45) is 10.0. The normalized spacial score (nSPS) is 17.6. The van der Waals surface area contributed by atoms with Gasteiger partial charge < -0.3 is 5.32 Å². The number of nitrogens with zero attached hydrogens (tertiary/aromatic N) is 1. The molecule has 0 amide bonds. The van der Waals surface area contributed by atoms with Crippen LogP contribution >= 0.6 is 11.3 Å². The van der Waals surface area contributed by atoms with Gasteiger partial charge in [-0.15, -0.1) is 11.3 Å². The monoisotopic (exact) mass is 306 g/mol. The molecule has 1 aromatic rings. The van der Waals surface area contributed by atoms with E-state index in [1.165, 1.54) is 42.8 Å². The molecule has 0 fully saturated rings. The molecule has 0 saturated carbocycles. The van der Waals surface area contributed by atoms with Crippen molar-refractivity contribution in [1.29, 1.82) is 0 Å². The minimum atomic E-state index is 0.161. The number of hydrogen-bond acceptors (Lipinski definition) is 3. The molecule has 1 aromatic heterocycles. The zero-order valence-electron chi connectivity index (χ0n) is 14.0. The molecule has 1 unspecified atom stereocenters. The van der Waals surface area contributed by atoms with E-state index in [1.54, 1.807) is 5.57 Å². The van der Waals surface area contributed by atoms with E-state index in [-0.39, 0.29) is 5.41 Å². The van der Waals surface area contributed by atoms with Crippen molar-refractivity contribution in [3.63, 3.8) is 0 Å². The molecule has 21 heavy (non-hydrogen) atoms. The molecule has 2 nitrogen and oxygen atoms in total. The van der Waals surface area contributed by atoms with Crippen molar-refractivity contribution in [2.45, 2.75) is 77.7 Å². The van der Waals surface area contributed by atoms with Crippen molar-refractivity contribution in [2.24, 2.45) is 0 Å². The summed E-state index contributed by atoms with van der Waals surface area (Å²) in [4.78, 5) is 4.86. The first-order valence-corrected chi connectivity index (χ1v) is 9.23. The molecule has 2 rings (SSSR count). The SMILES string of the molecule is CCNC(CC1=CCCCC1)Cc1nc(C(C)(C)C)cs1. The van der Waals surface area contributed by atoms with Gasteiger partial charge in [0.05, 0.1) is 10.7 Å². The predicted octanol–water partition coefficient (Wildman–Crippen LogP) is 4.85. The van der Waals surface area contributed by atoms with Gasteiger partial charge in [0.2, 0.25) is 0 Å². The van der Waals surface area contributed by atoms with Gasteiger partial charge in [-0.2, -0.15) is 0 Å².